The lowest BCUT2D eigenvalue weighted by atomic mass is 9.92. The van der Waals surface area contributed by atoms with Crippen molar-refractivity contribution >= 4 is 45.8 Å². The predicted octanol–water partition coefficient (Wildman–Crippen LogP) is 5.49. The van der Waals surface area contributed by atoms with Crippen molar-refractivity contribution in [2.24, 2.45) is 5.92 Å². The van der Waals surface area contributed by atoms with E-state index in [1.54, 1.807) is 16.0 Å². The molecule has 4 N–H and O–H groups in total. The highest BCUT2D eigenvalue weighted by atomic mass is 16.5. The summed E-state index contributed by atoms with van der Waals surface area (Å²) in [7, 11) is 2.51. The van der Waals surface area contributed by atoms with Crippen LogP contribution < -0.4 is 15.4 Å². The fourth-order valence-corrected chi connectivity index (χ4v) is 6.57. The monoisotopic (exact) mass is 738 g/mol. The number of hydrogen-bond donors (Lipinski definition) is 4. The van der Waals surface area contributed by atoms with E-state index in [0.29, 0.717) is 24.8 Å². The molecule has 3 aromatic carbocycles. The highest BCUT2D eigenvalue weighted by Crippen LogP contribution is 2.42. The van der Waals surface area contributed by atoms with E-state index in [1.165, 1.54) is 14.2 Å². The fourth-order valence-electron chi connectivity index (χ4n) is 6.57. The number of nitrogens with one attached hydrogen (secondary N) is 4. The molecule has 2 aromatic heterocycles. The first-order valence-electron chi connectivity index (χ1n) is 17.9. The van der Waals surface area contributed by atoms with Crippen molar-refractivity contribution in [1.29, 1.82) is 0 Å². The molecule has 5 aromatic rings. The van der Waals surface area contributed by atoms with Gasteiger partial charge in [0.15, 0.2) is 0 Å². The molecule has 1 aliphatic rings. The molecule has 0 unspecified atom stereocenters. The summed E-state index contributed by atoms with van der Waals surface area (Å²) in [6, 6.07) is 14.3. The first kappa shape index (κ1) is 37.6. The molecule has 6 rings (SSSR count). The van der Waals surface area contributed by atoms with E-state index in [1.807, 2.05) is 52.0 Å². The Balaban J connectivity index is 1.21. The van der Waals surface area contributed by atoms with Crippen LogP contribution in [0.25, 0.3) is 44.2 Å². The van der Waals surface area contributed by atoms with Gasteiger partial charge in [-0.2, -0.15) is 0 Å². The van der Waals surface area contributed by atoms with Crippen LogP contribution in [0.4, 0.5) is 9.59 Å². The molecular formula is C39H46N8O7. The van der Waals surface area contributed by atoms with Gasteiger partial charge in [0.2, 0.25) is 11.8 Å². The van der Waals surface area contributed by atoms with Gasteiger partial charge in [-0.05, 0) is 65.6 Å². The fraction of sp³-hybridized carbons (Fsp3) is 0.385. The average Bonchev–Trinajstić information content (AvgIpc) is 3.83. The van der Waals surface area contributed by atoms with E-state index in [9.17, 15) is 19.2 Å². The van der Waals surface area contributed by atoms with Crippen molar-refractivity contribution in [2.45, 2.75) is 59.9 Å². The molecule has 0 spiro atoms. The Morgan fingerprint density at radius 1 is 0.889 bits per heavy atom. The lowest BCUT2D eigenvalue weighted by Crippen LogP contribution is -2.44. The molecule has 0 saturated heterocycles. The second kappa shape index (κ2) is 16.3. The van der Waals surface area contributed by atoms with Crippen molar-refractivity contribution < 1.29 is 33.4 Å². The average molecular weight is 739 g/mol. The number of rotatable bonds is 13. The Hall–Kier alpha value is -6.12. The molecule has 54 heavy (non-hydrogen) atoms. The number of ether oxygens (including phenoxy) is 3. The molecule has 0 saturated carbocycles. The number of carbonyl (C=O) groups excluding carboxylic acids is 4. The molecular weight excluding hydrogens is 692 g/mol. The number of alkyl carbamates (subject to hydrolysis) is 2. The first-order chi connectivity index (χ1) is 26.0. The van der Waals surface area contributed by atoms with E-state index < -0.39 is 12.2 Å². The first-order valence-corrected chi connectivity index (χ1v) is 17.9. The molecule has 284 valence electrons. The molecule has 15 nitrogen and oxygen atoms in total. The van der Waals surface area contributed by atoms with Gasteiger partial charge in [0.1, 0.15) is 37.1 Å². The number of imidazole rings is 2. The van der Waals surface area contributed by atoms with Crippen LogP contribution in [-0.2, 0) is 38.8 Å². The minimum absolute atomic E-state index is 0.0721. The lowest BCUT2D eigenvalue weighted by Gasteiger charge is -2.27. The Morgan fingerprint density at radius 3 is 2.33 bits per heavy atom. The molecule has 0 radical (unpaired) electrons. The van der Waals surface area contributed by atoms with E-state index in [0.717, 1.165) is 61.9 Å². The van der Waals surface area contributed by atoms with Gasteiger partial charge in [-0.1, -0.05) is 39.0 Å². The van der Waals surface area contributed by atoms with Crippen molar-refractivity contribution in [3.05, 3.63) is 65.9 Å². The Kier molecular flexibility index (Phi) is 11.3. The zero-order valence-electron chi connectivity index (χ0n) is 31.4. The predicted molar refractivity (Wildman–Crippen MR) is 202 cm³/mol. The lowest BCUT2D eigenvalue weighted by molar-refractivity contribution is -0.133. The number of aromatic amines is 2. The third-order valence-electron chi connectivity index (χ3n) is 9.52. The number of carbonyl (C=O) groups is 4. The summed E-state index contributed by atoms with van der Waals surface area (Å²) in [5.41, 5.74) is 6.45. The summed E-state index contributed by atoms with van der Waals surface area (Å²) in [6.07, 6.45) is 1.18. The molecule has 0 bridgehead atoms. The number of aromatic nitrogens is 4. The van der Waals surface area contributed by atoms with E-state index >= 15 is 0 Å². The van der Waals surface area contributed by atoms with E-state index in [2.05, 4.69) is 53.3 Å². The van der Waals surface area contributed by atoms with Gasteiger partial charge in [0.25, 0.3) is 0 Å². The maximum absolute atomic E-state index is 13.1. The van der Waals surface area contributed by atoms with Gasteiger partial charge in [-0.15, -0.1) is 0 Å². The third kappa shape index (κ3) is 8.24. The topological polar surface area (TPSA) is 184 Å². The molecule has 4 amide bonds. The molecule has 3 heterocycles. The highest BCUT2D eigenvalue weighted by molar-refractivity contribution is 6.07. The Morgan fingerprint density at radius 2 is 1.63 bits per heavy atom. The Bertz CT molecular complexity index is 2190. The van der Waals surface area contributed by atoms with Crippen LogP contribution in [-0.4, -0.2) is 93.6 Å². The minimum atomic E-state index is -0.660. The normalized spacial score (nSPS) is 12.4. The van der Waals surface area contributed by atoms with Crippen LogP contribution in [0, 0.1) is 5.92 Å². The molecule has 0 aliphatic carbocycles. The molecule has 0 fully saturated rings. The molecule has 1 atom stereocenters. The second-order valence-corrected chi connectivity index (χ2v) is 13.8. The van der Waals surface area contributed by atoms with Crippen LogP contribution >= 0.6 is 0 Å². The third-order valence-corrected chi connectivity index (χ3v) is 9.52. The summed E-state index contributed by atoms with van der Waals surface area (Å²) >= 11 is 0. The van der Waals surface area contributed by atoms with Crippen LogP contribution in [0.5, 0.6) is 5.75 Å². The quantitative estimate of drug-likeness (QED) is 0.121. The second-order valence-electron chi connectivity index (χ2n) is 13.8. The summed E-state index contributed by atoms with van der Waals surface area (Å²) in [4.78, 5) is 68.6. The summed E-state index contributed by atoms with van der Waals surface area (Å²) in [5, 5.41) is 6.85. The van der Waals surface area contributed by atoms with Gasteiger partial charge in [0, 0.05) is 23.5 Å². The highest BCUT2D eigenvalue weighted by Gasteiger charge is 2.24. The molecule has 15 heteroatoms. The number of H-pyrrole nitrogens is 2. The van der Waals surface area contributed by atoms with Gasteiger partial charge < -0.3 is 44.6 Å². The van der Waals surface area contributed by atoms with Gasteiger partial charge in [-0.3, -0.25) is 9.59 Å². The van der Waals surface area contributed by atoms with Crippen LogP contribution in [0.3, 0.4) is 0 Å². The van der Waals surface area contributed by atoms with Crippen LogP contribution in [0.15, 0.2) is 48.7 Å². The standard InChI is InChI=1S/C39H46N8O7/c1-7-23(4)47(36(49)17-42-39(51)53-6)20-34-43-30-11-9-24-13-29-27-10-8-25(12-26(27)21-54-32(29)14-28(24)37(30)45-34)31-15-40-33(44-31)19-46(18-22(2)3)35(48)16-41-38(50)52-5/h8-15,22-23H,7,16-21H2,1-6H3,(H,40,44)(H,41,50)(H,42,51)(H,43,45)/t23-/m0/s1. The number of fused-ring (bicyclic) bond motifs is 6. The number of nitrogens with zero attached hydrogens (tertiary/aromatic N) is 4. The van der Waals surface area contributed by atoms with E-state index in [4.69, 9.17) is 9.72 Å². The smallest absolute Gasteiger partial charge is 0.407 e. The maximum Gasteiger partial charge on any atom is 0.407 e. The summed E-state index contributed by atoms with van der Waals surface area (Å²) in [6.45, 7) is 9.08. The van der Waals surface area contributed by atoms with Gasteiger partial charge in [0.05, 0.1) is 50.2 Å². The number of benzene rings is 3. The van der Waals surface area contributed by atoms with Crippen molar-refractivity contribution in [3.63, 3.8) is 0 Å². The van der Waals surface area contributed by atoms with Gasteiger partial charge in [-0.25, -0.2) is 19.6 Å². The van der Waals surface area contributed by atoms with Crippen LogP contribution in [0.1, 0.15) is 51.3 Å². The largest absolute Gasteiger partial charge is 0.488 e. The van der Waals surface area contributed by atoms with E-state index in [-0.39, 0.29) is 50.0 Å². The summed E-state index contributed by atoms with van der Waals surface area (Å²) < 4.78 is 15.5. The maximum atomic E-state index is 13.1. The number of amides is 4. The Labute approximate surface area is 312 Å². The summed E-state index contributed by atoms with van der Waals surface area (Å²) in [5.74, 6) is 1.78. The van der Waals surface area contributed by atoms with Crippen LogP contribution in [0.2, 0.25) is 0 Å². The SMILES string of the molecule is CC[C@H](C)N(Cc1nc2c(ccc3cc4c(cc32)OCc2cc(-c3cnc(CN(CC(C)C)C(=O)CNC(=O)OC)[nH]3)ccc2-4)[nH]1)C(=O)CNC(=O)OC. The van der Waals surface area contributed by atoms with Gasteiger partial charge >= 0.3 is 12.2 Å². The zero-order valence-corrected chi connectivity index (χ0v) is 31.4. The van der Waals surface area contributed by atoms with Crippen molar-refractivity contribution in [3.8, 4) is 28.1 Å². The number of methoxy groups -OCH3 is 2. The van der Waals surface area contributed by atoms with Crippen molar-refractivity contribution in [2.75, 3.05) is 33.9 Å². The zero-order chi connectivity index (χ0) is 38.5. The van der Waals surface area contributed by atoms with Crippen molar-refractivity contribution in [1.82, 2.24) is 40.4 Å². The molecule has 1 aliphatic heterocycles. The minimum Gasteiger partial charge on any atom is -0.488 e. The number of hydrogen-bond acceptors (Lipinski definition) is 9.